The third kappa shape index (κ3) is 7.52. The zero-order valence-corrected chi connectivity index (χ0v) is 23.2. The van der Waals surface area contributed by atoms with Crippen LogP contribution in [0.3, 0.4) is 0 Å². The number of halogens is 1. The van der Waals surface area contributed by atoms with E-state index in [-0.39, 0.29) is 36.5 Å². The topological polar surface area (TPSA) is 87.9 Å². The van der Waals surface area contributed by atoms with Crippen LogP contribution in [0.15, 0.2) is 99.7 Å². The van der Waals surface area contributed by atoms with Gasteiger partial charge in [0.1, 0.15) is 11.4 Å². The zero-order valence-electron chi connectivity index (χ0n) is 22.4. The molecular formula is C31H31FN2O5S. The second-order valence-electron chi connectivity index (χ2n) is 9.91. The molecule has 0 aliphatic rings. The van der Waals surface area contributed by atoms with E-state index in [1.54, 1.807) is 60.7 Å². The largest absolute Gasteiger partial charge is 0.464 e. The molecule has 0 N–H and O–H groups in total. The average Bonchev–Trinajstić information content (AvgIpc) is 2.94. The fourth-order valence-electron chi connectivity index (χ4n) is 4.21. The summed E-state index contributed by atoms with van der Waals surface area (Å²) in [5.74, 6) is -0.976. The number of hydrogen-bond acceptors (Lipinski definition) is 5. The smallest absolute Gasteiger partial charge is 0.238 e. The van der Waals surface area contributed by atoms with E-state index < -0.39 is 28.3 Å². The maximum absolute atomic E-state index is 13.7. The summed E-state index contributed by atoms with van der Waals surface area (Å²) in [6.45, 7) is 3.35. The van der Waals surface area contributed by atoms with Gasteiger partial charge in [-0.15, -0.1) is 0 Å². The van der Waals surface area contributed by atoms with Gasteiger partial charge >= 0.3 is 0 Å². The quantitative estimate of drug-likeness (QED) is 0.244. The molecule has 1 amide bonds. The van der Waals surface area contributed by atoms with Crippen LogP contribution in [0.5, 0.6) is 0 Å². The van der Waals surface area contributed by atoms with Crippen LogP contribution < -0.4 is 5.43 Å². The first-order valence-electron chi connectivity index (χ1n) is 12.9. The van der Waals surface area contributed by atoms with Crippen molar-refractivity contribution in [1.82, 2.24) is 9.21 Å². The number of sulfonamides is 1. The van der Waals surface area contributed by atoms with Gasteiger partial charge < -0.3 is 9.32 Å². The molecule has 3 aromatic carbocycles. The standard InChI is InChI=1S/C31H31FN2O5S/c1-23(2)18-34(40(37,38)17-16-24-8-4-3-5-9-24)21-30(35)33(19-25-12-14-27(32)15-13-25)20-26-22-39-29-11-7-6-10-28(29)31(26)36/h3-17,22-23H,18-21H2,1-2H3/b17-16+. The highest BCUT2D eigenvalue weighted by Gasteiger charge is 2.27. The molecule has 0 aliphatic carbocycles. The van der Waals surface area contributed by atoms with Gasteiger partial charge in [0, 0.05) is 18.5 Å². The number of hydrogen-bond donors (Lipinski definition) is 0. The first kappa shape index (κ1) is 28.9. The van der Waals surface area contributed by atoms with Gasteiger partial charge in [-0.1, -0.05) is 68.4 Å². The maximum Gasteiger partial charge on any atom is 0.238 e. The molecule has 0 atom stereocenters. The van der Waals surface area contributed by atoms with E-state index in [9.17, 15) is 22.4 Å². The summed E-state index contributed by atoms with van der Waals surface area (Å²) in [6, 6.07) is 21.5. The summed E-state index contributed by atoms with van der Waals surface area (Å²) >= 11 is 0. The van der Waals surface area contributed by atoms with E-state index in [1.807, 2.05) is 19.9 Å². The summed E-state index contributed by atoms with van der Waals surface area (Å²) in [7, 11) is -3.96. The summed E-state index contributed by atoms with van der Waals surface area (Å²) < 4.78 is 46.9. The van der Waals surface area contributed by atoms with Crippen LogP contribution in [-0.2, 0) is 27.9 Å². The van der Waals surface area contributed by atoms with E-state index >= 15 is 0 Å². The molecule has 0 saturated heterocycles. The molecule has 40 heavy (non-hydrogen) atoms. The van der Waals surface area contributed by atoms with Crippen LogP contribution in [-0.4, -0.2) is 36.6 Å². The molecule has 0 saturated carbocycles. The highest BCUT2D eigenvalue weighted by Crippen LogP contribution is 2.17. The van der Waals surface area contributed by atoms with Crippen LogP contribution in [0.1, 0.15) is 30.5 Å². The third-order valence-corrected chi connectivity index (χ3v) is 7.70. The van der Waals surface area contributed by atoms with Crippen molar-refractivity contribution < 1.29 is 22.0 Å². The summed E-state index contributed by atoms with van der Waals surface area (Å²) in [6.07, 6.45) is 2.81. The fraction of sp³-hybridized carbons (Fsp3) is 0.226. The molecule has 208 valence electrons. The second-order valence-corrected chi connectivity index (χ2v) is 11.7. The Labute approximate surface area is 233 Å². The molecule has 0 spiro atoms. The minimum absolute atomic E-state index is 0.0425. The predicted molar refractivity (Wildman–Crippen MR) is 154 cm³/mol. The van der Waals surface area contributed by atoms with Crippen molar-refractivity contribution in [3.05, 3.63) is 123 Å². The van der Waals surface area contributed by atoms with Crippen molar-refractivity contribution >= 4 is 33.0 Å². The van der Waals surface area contributed by atoms with Crippen LogP contribution in [0.2, 0.25) is 0 Å². The molecule has 0 unspecified atom stereocenters. The molecular weight excluding hydrogens is 531 g/mol. The Balaban J connectivity index is 1.64. The van der Waals surface area contributed by atoms with Crippen LogP contribution in [0.4, 0.5) is 4.39 Å². The van der Waals surface area contributed by atoms with Crippen molar-refractivity contribution in [1.29, 1.82) is 0 Å². The Kier molecular flexibility index (Phi) is 9.29. The highest BCUT2D eigenvalue weighted by molar-refractivity contribution is 7.92. The van der Waals surface area contributed by atoms with Gasteiger partial charge in [0.15, 0.2) is 5.43 Å². The lowest BCUT2D eigenvalue weighted by Gasteiger charge is -2.27. The monoisotopic (exact) mass is 562 g/mol. The fourth-order valence-corrected chi connectivity index (χ4v) is 5.50. The summed E-state index contributed by atoms with van der Waals surface area (Å²) in [4.78, 5) is 28.3. The van der Waals surface area contributed by atoms with E-state index in [0.717, 1.165) is 9.71 Å². The number of carbonyl (C=O) groups excluding carboxylic acids is 1. The zero-order chi connectivity index (χ0) is 28.7. The van der Waals surface area contributed by atoms with E-state index in [0.29, 0.717) is 22.1 Å². The summed E-state index contributed by atoms with van der Waals surface area (Å²) in [5, 5.41) is 1.48. The Morgan fingerprint density at radius 1 is 0.950 bits per heavy atom. The molecule has 0 bridgehead atoms. The van der Waals surface area contributed by atoms with Gasteiger partial charge in [0.2, 0.25) is 15.9 Å². The van der Waals surface area contributed by atoms with E-state index in [1.165, 1.54) is 29.4 Å². The predicted octanol–water partition coefficient (Wildman–Crippen LogP) is 5.42. The lowest BCUT2D eigenvalue weighted by atomic mass is 10.1. The normalized spacial score (nSPS) is 12.0. The van der Waals surface area contributed by atoms with Crippen molar-refractivity contribution in [2.24, 2.45) is 5.92 Å². The molecule has 1 aromatic heterocycles. The average molecular weight is 563 g/mol. The number of rotatable bonds is 11. The molecule has 4 rings (SSSR count). The Hall–Kier alpha value is -4.08. The molecule has 1 heterocycles. The molecule has 0 radical (unpaired) electrons. The van der Waals surface area contributed by atoms with Crippen molar-refractivity contribution in [3.63, 3.8) is 0 Å². The molecule has 9 heteroatoms. The van der Waals surface area contributed by atoms with Crippen molar-refractivity contribution in [2.75, 3.05) is 13.1 Å². The van der Waals surface area contributed by atoms with Crippen molar-refractivity contribution in [3.8, 4) is 0 Å². The lowest BCUT2D eigenvalue weighted by Crippen LogP contribution is -2.43. The minimum atomic E-state index is -3.96. The van der Waals surface area contributed by atoms with Crippen molar-refractivity contribution in [2.45, 2.75) is 26.9 Å². The number of carbonyl (C=O) groups is 1. The van der Waals surface area contributed by atoms with Gasteiger partial charge in [-0.05, 0) is 47.4 Å². The first-order chi connectivity index (χ1) is 19.1. The molecule has 0 aliphatic heterocycles. The molecule has 4 aromatic rings. The van der Waals surface area contributed by atoms with Gasteiger partial charge in [-0.25, -0.2) is 12.8 Å². The van der Waals surface area contributed by atoms with Crippen LogP contribution in [0.25, 0.3) is 17.0 Å². The first-order valence-corrected chi connectivity index (χ1v) is 14.4. The van der Waals surface area contributed by atoms with Crippen LogP contribution >= 0.6 is 0 Å². The lowest BCUT2D eigenvalue weighted by molar-refractivity contribution is -0.132. The Bertz CT molecular complexity index is 1650. The maximum atomic E-state index is 13.7. The number of amides is 1. The minimum Gasteiger partial charge on any atom is -0.464 e. The van der Waals surface area contributed by atoms with Crippen LogP contribution in [0, 0.1) is 11.7 Å². The number of nitrogens with zero attached hydrogens (tertiary/aromatic N) is 2. The number of fused-ring (bicyclic) bond motifs is 1. The number of benzene rings is 3. The molecule has 0 fully saturated rings. The second kappa shape index (κ2) is 12.8. The Morgan fingerprint density at radius 3 is 2.33 bits per heavy atom. The van der Waals surface area contributed by atoms with E-state index in [2.05, 4.69) is 0 Å². The Morgan fingerprint density at radius 2 is 1.62 bits per heavy atom. The van der Waals surface area contributed by atoms with Gasteiger partial charge in [0.25, 0.3) is 0 Å². The van der Waals surface area contributed by atoms with Gasteiger partial charge in [-0.2, -0.15) is 4.31 Å². The third-order valence-electron chi connectivity index (χ3n) is 6.22. The number of para-hydroxylation sites is 1. The van der Waals surface area contributed by atoms with E-state index in [4.69, 9.17) is 4.42 Å². The SMILES string of the molecule is CC(C)CN(CC(=O)N(Cc1ccc(F)cc1)Cc1coc2ccccc2c1=O)S(=O)(=O)/C=C/c1ccccc1. The van der Waals surface area contributed by atoms with Gasteiger partial charge in [-0.3, -0.25) is 9.59 Å². The highest BCUT2D eigenvalue weighted by atomic mass is 32.2. The summed E-state index contributed by atoms with van der Waals surface area (Å²) in [5.41, 5.74) is 1.73. The molecule has 7 nitrogen and oxygen atoms in total. The van der Waals surface area contributed by atoms with Gasteiger partial charge in [0.05, 0.1) is 30.3 Å².